The summed E-state index contributed by atoms with van der Waals surface area (Å²) in [6.45, 7) is 2.61. The van der Waals surface area contributed by atoms with Gasteiger partial charge in [-0.15, -0.1) is 0 Å². The fourth-order valence-electron chi connectivity index (χ4n) is 1.94. The number of nitrogens with one attached hydrogen (secondary N) is 2. The van der Waals surface area contributed by atoms with Crippen LogP contribution in [0.15, 0.2) is 0 Å². The van der Waals surface area contributed by atoms with Crippen LogP contribution in [0.4, 0.5) is 0 Å². The summed E-state index contributed by atoms with van der Waals surface area (Å²) in [5.41, 5.74) is -0.430. The maximum absolute atomic E-state index is 9.91. The minimum atomic E-state index is -0.430. The van der Waals surface area contributed by atoms with Crippen LogP contribution in [0.2, 0.25) is 0 Å². The van der Waals surface area contributed by atoms with Crippen molar-refractivity contribution >= 4 is 0 Å². The van der Waals surface area contributed by atoms with Crippen molar-refractivity contribution in [2.24, 2.45) is 0 Å². The van der Waals surface area contributed by atoms with Gasteiger partial charge in [0.15, 0.2) is 0 Å². The van der Waals surface area contributed by atoms with Gasteiger partial charge in [-0.1, -0.05) is 6.42 Å². The first kappa shape index (κ1) is 7.53. The van der Waals surface area contributed by atoms with Crippen LogP contribution in [0.3, 0.4) is 0 Å². The van der Waals surface area contributed by atoms with Crippen LogP contribution in [0.25, 0.3) is 0 Å². The molecule has 1 atom stereocenters. The Morgan fingerprint density at radius 2 is 2.09 bits per heavy atom. The van der Waals surface area contributed by atoms with E-state index in [-0.39, 0.29) is 0 Å². The maximum Gasteiger partial charge on any atom is 0.105 e. The molecule has 3 heteroatoms. The van der Waals surface area contributed by atoms with Gasteiger partial charge in [0.1, 0.15) is 5.60 Å². The van der Waals surface area contributed by atoms with Crippen molar-refractivity contribution in [1.82, 2.24) is 10.6 Å². The second-order valence-electron chi connectivity index (χ2n) is 3.71. The first-order valence-electron chi connectivity index (χ1n) is 4.48. The van der Waals surface area contributed by atoms with Gasteiger partial charge < -0.3 is 15.7 Å². The second kappa shape index (κ2) is 2.73. The Morgan fingerprint density at radius 1 is 1.27 bits per heavy atom. The molecule has 2 heterocycles. The molecule has 0 unspecified atom stereocenters. The van der Waals surface area contributed by atoms with Gasteiger partial charge in [-0.3, -0.25) is 0 Å². The molecule has 0 saturated carbocycles. The maximum atomic E-state index is 9.91. The van der Waals surface area contributed by atoms with Crippen LogP contribution in [-0.2, 0) is 0 Å². The monoisotopic (exact) mass is 156 g/mol. The van der Waals surface area contributed by atoms with Crippen LogP contribution in [0.1, 0.15) is 19.3 Å². The number of piperidine rings is 1. The summed E-state index contributed by atoms with van der Waals surface area (Å²) < 4.78 is 0. The van der Waals surface area contributed by atoms with E-state index in [1.807, 2.05) is 0 Å². The number of rotatable bonds is 1. The van der Waals surface area contributed by atoms with E-state index in [2.05, 4.69) is 10.6 Å². The summed E-state index contributed by atoms with van der Waals surface area (Å²) in [5, 5.41) is 16.4. The summed E-state index contributed by atoms with van der Waals surface area (Å²) in [4.78, 5) is 0. The van der Waals surface area contributed by atoms with Gasteiger partial charge in [-0.05, 0) is 19.4 Å². The van der Waals surface area contributed by atoms with Gasteiger partial charge in [0, 0.05) is 19.1 Å². The topological polar surface area (TPSA) is 44.3 Å². The quantitative estimate of drug-likeness (QED) is 0.478. The van der Waals surface area contributed by atoms with Crippen molar-refractivity contribution in [3.8, 4) is 0 Å². The van der Waals surface area contributed by atoms with Crippen molar-refractivity contribution in [3.63, 3.8) is 0 Å². The molecule has 0 aliphatic carbocycles. The van der Waals surface area contributed by atoms with E-state index < -0.39 is 5.60 Å². The number of β-amino-alcohol motifs (C(OH)–C–C–N with tert-alkyl or cyclic N) is 1. The molecule has 0 radical (unpaired) electrons. The Kier molecular flexibility index (Phi) is 1.87. The van der Waals surface area contributed by atoms with Crippen molar-refractivity contribution in [1.29, 1.82) is 0 Å². The predicted octanol–water partition coefficient (Wildman–Crippen LogP) is -0.537. The lowest BCUT2D eigenvalue weighted by molar-refractivity contribution is -0.0495. The molecule has 2 aliphatic heterocycles. The van der Waals surface area contributed by atoms with Crippen molar-refractivity contribution in [2.75, 3.05) is 19.6 Å². The summed E-state index contributed by atoms with van der Waals surface area (Å²) in [7, 11) is 0. The lowest BCUT2D eigenvalue weighted by Gasteiger charge is -2.45. The predicted molar refractivity (Wildman–Crippen MR) is 43.5 cm³/mol. The fraction of sp³-hybridized carbons (Fsp3) is 1.00. The first-order chi connectivity index (χ1) is 5.31. The third-order valence-electron chi connectivity index (χ3n) is 2.82. The second-order valence-corrected chi connectivity index (χ2v) is 3.71. The Bertz CT molecular complexity index is 139. The zero-order chi connectivity index (χ0) is 7.73. The van der Waals surface area contributed by atoms with Gasteiger partial charge in [-0.25, -0.2) is 0 Å². The Morgan fingerprint density at radius 3 is 2.55 bits per heavy atom. The van der Waals surface area contributed by atoms with Crippen LogP contribution < -0.4 is 10.6 Å². The number of hydrogen-bond donors (Lipinski definition) is 3. The molecule has 2 rings (SSSR count). The first-order valence-corrected chi connectivity index (χ1v) is 4.48. The lowest BCUT2D eigenvalue weighted by atomic mass is 9.83. The van der Waals surface area contributed by atoms with E-state index in [1.165, 1.54) is 12.8 Å². The molecule has 0 bridgehead atoms. The van der Waals surface area contributed by atoms with E-state index in [4.69, 9.17) is 0 Å². The number of hydrogen-bond acceptors (Lipinski definition) is 3. The Balaban J connectivity index is 1.91. The van der Waals surface area contributed by atoms with Gasteiger partial charge in [0.05, 0.1) is 0 Å². The standard InChI is InChI=1S/C8H16N2O/c11-8(5-9-6-8)7-3-1-2-4-10-7/h7,9-11H,1-6H2/t7-/m0/s1. The van der Waals surface area contributed by atoms with Crippen molar-refractivity contribution in [3.05, 3.63) is 0 Å². The van der Waals surface area contributed by atoms with E-state index in [9.17, 15) is 5.11 Å². The highest BCUT2D eigenvalue weighted by atomic mass is 16.3. The molecule has 11 heavy (non-hydrogen) atoms. The normalized spacial score (nSPS) is 36.3. The molecule has 0 amide bonds. The molecule has 2 saturated heterocycles. The number of aliphatic hydroxyl groups is 1. The van der Waals surface area contributed by atoms with Gasteiger partial charge in [-0.2, -0.15) is 0 Å². The molecule has 3 N–H and O–H groups in total. The highest BCUT2D eigenvalue weighted by Crippen LogP contribution is 2.22. The van der Waals surface area contributed by atoms with Gasteiger partial charge in [0.2, 0.25) is 0 Å². The Hall–Kier alpha value is -0.120. The fourth-order valence-corrected chi connectivity index (χ4v) is 1.94. The summed E-state index contributed by atoms with van der Waals surface area (Å²) in [5.74, 6) is 0. The smallest absolute Gasteiger partial charge is 0.105 e. The summed E-state index contributed by atoms with van der Waals surface area (Å²) in [6, 6.07) is 0.345. The minimum absolute atomic E-state index is 0.345. The summed E-state index contributed by atoms with van der Waals surface area (Å²) >= 11 is 0. The van der Waals surface area contributed by atoms with Crippen LogP contribution in [0, 0.1) is 0 Å². The van der Waals surface area contributed by atoms with Crippen LogP contribution in [-0.4, -0.2) is 36.4 Å². The van der Waals surface area contributed by atoms with E-state index >= 15 is 0 Å². The summed E-state index contributed by atoms with van der Waals surface area (Å²) in [6.07, 6.45) is 3.66. The zero-order valence-electron chi connectivity index (χ0n) is 6.77. The molecule has 64 valence electrons. The lowest BCUT2D eigenvalue weighted by Crippen LogP contribution is -2.69. The molecule has 2 aliphatic rings. The highest BCUT2D eigenvalue weighted by Gasteiger charge is 2.42. The van der Waals surface area contributed by atoms with Crippen LogP contribution in [0.5, 0.6) is 0 Å². The molecule has 3 nitrogen and oxygen atoms in total. The molecule has 0 spiro atoms. The average Bonchev–Trinajstić information content (AvgIpc) is 2.02. The van der Waals surface area contributed by atoms with Crippen LogP contribution >= 0.6 is 0 Å². The molecule has 0 aromatic carbocycles. The molecular formula is C8H16N2O. The van der Waals surface area contributed by atoms with Crippen molar-refractivity contribution in [2.45, 2.75) is 30.9 Å². The average molecular weight is 156 g/mol. The Labute approximate surface area is 67.2 Å². The third kappa shape index (κ3) is 1.28. The van der Waals surface area contributed by atoms with Gasteiger partial charge in [0.25, 0.3) is 0 Å². The molecule has 0 aromatic rings. The molecule has 0 aromatic heterocycles. The highest BCUT2D eigenvalue weighted by molar-refractivity contribution is 5.02. The third-order valence-corrected chi connectivity index (χ3v) is 2.82. The minimum Gasteiger partial charge on any atom is -0.386 e. The van der Waals surface area contributed by atoms with Gasteiger partial charge >= 0.3 is 0 Å². The van der Waals surface area contributed by atoms with E-state index in [0.29, 0.717) is 6.04 Å². The zero-order valence-corrected chi connectivity index (χ0v) is 6.77. The SMILES string of the molecule is OC1([C@@H]2CCCCN2)CNC1. The van der Waals surface area contributed by atoms with E-state index in [0.717, 1.165) is 26.1 Å². The molecular weight excluding hydrogens is 140 g/mol. The van der Waals surface area contributed by atoms with E-state index in [1.54, 1.807) is 0 Å². The molecule has 2 fully saturated rings. The largest absolute Gasteiger partial charge is 0.386 e. The van der Waals surface area contributed by atoms with Crippen molar-refractivity contribution < 1.29 is 5.11 Å².